The van der Waals surface area contributed by atoms with Crippen molar-refractivity contribution in [2.45, 2.75) is 45.1 Å². The van der Waals surface area contributed by atoms with Crippen molar-refractivity contribution in [2.75, 3.05) is 0 Å². The first kappa shape index (κ1) is 12.7. The van der Waals surface area contributed by atoms with E-state index in [1.165, 1.54) is 19.3 Å². The van der Waals surface area contributed by atoms with Crippen LogP contribution in [0.3, 0.4) is 0 Å². The minimum Gasteiger partial charge on any atom is -0.474 e. The molecule has 18 heavy (non-hydrogen) atoms. The third kappa shape index (κ3) is 3.12. The molecule has 98 valence electrons. The van der Waals surface area contributed by atoms with E-state index < -0.39 is 0 Å². The number of amidine groups is 1. The molecule has 1 fully saturated rings. The Morgan fingerprint density at radius 1 is 1.39 bits per heavy atom. The highest BCUT2D eigenvalue weighted by molar-refractivity contribution is 5.97. The molecule has 0 aromatic carbocycles. The number of aryl methyl sites for hydroxylation is 1. The smallest absolute Gasteiger partial charge is 0.214 e. The second-order valence-corrected chi connectivity index (χ2v) is 4.70. The highest BCUT2D eigenvalue weighted by atomic mass is 16.5. The molecule has 2 rings (SSSR count). The number of aromatic nitrogens is 1. The molecule has 0 amide bonds. The van der Waals surface area contributed by atoms with Gasteiger partial charge in [0, 0.05) is 17.3 Å². The van der Waals surface area contributed by atoms with Gasteiger partial charge in [-0.2, -0.15) is 0 Å². The number of oxime groups is 1. The first-order valence-electron chi connectivity index (χ1n) is 6.32. The topological polar surface area (TPSA) is 80.7 Å². The van der Waals surface area contributed by atoms with Crippen molar-refractivity contribution >= 4 is 5.84 Å². The van der Waals surface area contributed by atoms with Crippen LogP contribution in [0.15, 0.2) is 17.3 Å². The van der Waals surface area contributed by atoms with Crippen LogP contribution in [0.25, 0.3) is 0 Å². The Kier molecular flexibility index (Phi) is 4.02. The van der Waals surface area contributed by atoms with E-state index in [0.717, 1.165) is 18.5 Å². The van der Waals surface area contributed by atoms with Crippen LogP contribution >= 0.6 is 0 Å². The number of nitrogens with zero attached hydrogens (tertiary/aromatic N) is 2. The fraction of sp³-hybridized carbons (Fsp3) is 0.538. The molecule has 1 heterocycles. The summed E-state index contributed by atoms with van der Waals surface area (Å²) < 4.78 is 5.87. The molecule has 5 nitrogen and oxygen atoms in total. The second-order valence-electron chi connectivity index (χ2n) is 4.70. The SMILES string of the molecule is Cc1cc(/C(N)=N/O)cc(OC2CCCCC2)n1. The molecule has 0 radical (unpaired) electrons. The Bertz CT molecular complexity index is 440. The molecule has 1 aliphatic rings. The maximum Gasteiger partial charge on any atom is 0.214 e. The molecule has 3 N–H and O–H groups in total. The molecule has 0 atom stereocenters. The van der Waals surface area contributed by atoms with Crippen molar-refractivity contribution in [3.63, 3.8) is 0 Å². The van der Waals surface area contributed by atoms with E-state index in [-0.39, 0.29) is 11.9 Å². The highest BCUT2D eigenvalue weighted by Gasteiger charge is 2.16. The lowest BCUT2D eigenvalue weighted by molar-refractivity contribution is 0.148. The fourth-order valence-electron chi connectivity index (χ4n) is 2.26. The zero-order valence-corrected chi connectivity index (χ0v) is 10.6. The maximum atomic E-state index is 8.69. The van der Waals surface area contributed by atoms with Gasteiger partial charge in [-0.15, -0.1) is 0 Å². The molecule has 0 aliphatic heterocycles. The molecule has 1 aromatic rings. The van der Waals surface area contributed by atoms with Crippen LogP contribution in [0.4, 0.5) is 0 Å². The van der Waals surface area contributed by atoms with E-state index in [0.29, 0.717) is 11.4 Å². The summed E-state index contributed by atoms with van der Waals surface area (Å²) in [5, 5.41) is 11.7. The number of nitrogens with two attached hydrogens (primary N) is 1. The summed E-state index contributed by atoms with van der Waals surface area (Å²) in [5.74, 6) is 0.637. The van der Waals surface area contributed by atoms with Gasteiger partial charge < -0.3 is 15.7 Å². The Hall–Kier alpha value is -1.78. The highest BCUT2D eigenvalue weighted by Crippen LogP contribution is 2.23. The fourth-order valence-corrected chi connectivity index (χ4v) is 2.26. The lowest BCUT2D eigenvalue weighted by Crippen LogP contribution is -2.21. The van der Waals surface area contributed by atoms with Gasteiger partial charge >= 0.3 is 0 Å². The second kappa shape index (κ2) is 5.71. The normalized spacial score (nSPS) is 17.7. The van der Waals surface area contributed by atoms with Gasteiger partial charge in [-0.3, -0.25) is 0 Å². The average Bonchev–Trinajstić information content (AvgIpc) is 2.38. The first-order valence-corrected chi connectivity index (χ1v) is 6.32. The Balaban J connectivity index is 2.14. The third-order valence-corrected chi connectivity index (χ3v) is 3.17. The summed E-state index contributed by atoms with van der Waals surface area (Å²) >= 11 is 0. The lowest BCUT2D eigenvalue weighted by Gasteiger charge is -2.22. The van der Waals surface area contributed by atoms with Crippen molar-refractivity contribution in [2.24, 2.45) is 10.9 Å². The number of pyridine rings is 1. The number of hydrogen-bond donors (Lipinski definition) is 2. The molecular weight excluding hydrogens is 230 g/mol. The summed E-state index contributed by atoms with van der Waals surface area (Å²) in [7, 11) is 0. The Morgan fingerprint density at radius 2 is 2.11 bits per heavy atom. The van der Waals surface area contributed by atoms with E-state index in [9.17, 15) is 0 Å². The van der Waals surface area contributed by atoms with Crippen LogP contribution in [0.1, 0.15) is 43.4 Å². The average molecular weight is 249 g/mol. The van der Waals surface area contributed by atoms with Crippen LogP contribution in [-0.4, -0.2) is 22.1 Å². The summed E-state index contributed by atoms with van der Waals surface area (Å²) in [5.41, 5.74) is 7.01. The maximum absolute atomic E-state index is 8.69. The monoisotopic (exact) mass is 249 g/mol. The minimum absolute atomic E-state index is 0.0778. The van der Waals surface area contributed by atoms with Crippen LogP contribution < -0.4 is 10.5 Å². The lowest BCUT2D eigenvalue weighted by atomic mass is 9.98. The standard InChI is InChI=1S/C13H19N3O2/c1-9-7-10(13(14)16-17)8-12(15-9)18-11-5-3-2-4-6-11/h7-8,11,17H,2-6H2,1H3,(H2,14,16). The van der Waals surface area contributed by atoms with Crippen LogP contribution in [-0.2, 0) is 0 Å². The van der Waals surface area contributed by atoms with Crippen molar-refractivity contribution < 1.29 is 9.94 Å². The van der Waals surface area contributed by atoms with Gasteiger partial charge in [-0.05, 0) is 38.7 Å². The van der Waals surface area contributed by atoms with E-state index in [4.69, 9.17) is 15.7 Å². The molecule has 1 aromatic heterocycles. The summed E-state index contributed by atoms with van der Waals surface area (Å²) in [6.45, 7) is 1.86. The molecule has 1 saturated carbocycles. The molecule has 0 unspecified atom stereocenters. The number of rotatable bonds is 3. The van der Waals surface area contributed by atoms with Crippen molar-refractivity contribution in [1.82, 2.24) is 4.98 Å². The van der Waals surface area contributed by atoms with Gasteiger partial charge in [-0.25, -0.2) is 4.98 Å². The van der Waals surface area contributed by atoms with Crippen LogP contribution in [0, 0.1) is 6.92 Å². The van der Waals surface area contributed by atoms with Crippen molar-refractivity contribution in [1.29, 1.82) is 0 Å². The summed E-state index contributed by atoms with van der Waals surface area (Å²) in [6, 6.07) is 3.49. The first-order chi connectivity index (χ1) is 8.69. The Labute approximate surface area is 107 Å². The van der Waals surface area contributed by atoms with Crippen LogP contribution in [0.5, 0.6) is 5.88 Å². The molecule has 1 aliphatic carbocycles. The largest absolute Gasteiger partial charge is 0.474 e. The van der Waals surface area contributed by atoms with Crippen molar-refractivity contribution in [3.8, 4) is 5.88 Å². The van der Waals surface area contributed by atoms with Gasteiger partial charge in [0.2, 0.25) is 5.88 Å². The predicted molar refractivity (Wildman–Crippen MR) is 69.0 cm³/mol. The number of hydrogen-bond acceptors (Lipinski definition) is 4. The zero-order valence-electron chi connectivity index (χ0n) is 10.6. The zero-order chi connectivity index (χ0) is 13.0. The van der Waals surface area contributed by atoms with Gasteiger partial charge in [0.25, 0.3) is 0 Å². The predicted octanol–water partition coefficient (Wildman–Crippen LogP) is 2.20. The van der Waals surface area contributed by atoms with Gasteiger partial charge in [-0.1, -0.05) is 11.6 Å². The van der Waals surface area contributed by atoms with E-state index in [1.54, 1.807) is 12.1 Å². The molecule has 0 spiro atoms. The van der Waals surface area contributed by atoms with E-state index in [1.807, 2.05) is 6.92 Å². The molecule has 5 heteroatoms. The quantitative estimate of drug-likeness (QED) is 0.372. The molecule has 0 saturated heterocycles. The summed E-state index contributed by atoms with van der Waals surface area (Å²) in [4.78, 5) is 4.33. The van der Waals surface area contributed by atoms with Gasteiger partial charge in [0.1, 0.15) is 6.10 Å². The van der Waals surface area contributed by atoms with Gasteiger partial charge in [0.15, 0.2) is 5.84 Å². The van der Waals surface area contributed by atoms with Crippen LogP contribution in [0.2, 0.25) is 0 Å². The van der Waals surface area contributed by atoms with E-state index >= 15 is 0 Å². The third-order valence-electron chi connectivity index (χ3n) is 3.17. The minimum atomic E-state index is 0.0778. The van der Waals surface area contributed by atoms with Crippen molar-refractivity contribution in [3.05, 3.63) is 23.4 Å². The number of ether oxygens (including phenoxy) is 1. The summed E-state index contributed by atoms with van der Waals surface area (Å²) in [6.07, 6.45) is 6.11. The van der Waals surface area contributed by atoms with Gasteiger partial charge in [0.05, 0.1) is 0 Å². The Morgan fingerprint density at radius 3 is 2.78 bits per heavy atom. The molecular formula is C13H19N3O2. The van der Waals surface area contributed by atoms with E-state index in [2.05, 4.69) is 10.1 Å². The molecule has 0 bridgehead atoms.